The SMILES string of the molecule is Cc1ccc(NC(=O)C(Sc2n[nH]c(C3CC3)n2)c2ccccc2)cc1Cl. The number of hydrogen-bond donors (Lipinski definition) is 2. The standard InChI is InChI=1S/C20H19ClN4OS/c1-12-7-10-15(11-16(12)21)22-19(26)17(13-5-3-2-4-6-13)27-20-23-18(24-25-20)14-8-9-14/h2-7,10-11,14,17H,8-9H2,1H3,(H,22,26)(H,23,24,25). The third-order valence-electron chi connectivity index (χ3n) is 4.45. The van der Waals surface area contributed by atoms with E-state index in [0.29, 0.717) is 21.8 Å². The molecule has 1 heterocycles. The van der Waals surface area contributed by atoms with Crippen molar-refractivity contribution in [3.63, 3.8) is 0 Å². The molecule has 0 aliphatic heterocycles. The minimum atomic E-state index is -0.464. The van der Waals surface area contributed by atoms with Crippen LogP contribution in [0.25, 0.3) is 0 Å². The van der Waals surface area contributed by atoms with Gasteiger partial charge in [0.2, 0.25) is 11.1 Å². The molecule has 1 fully saturated rings. The first kappa shape index (κ1) is 18.1. The molecule has 138 valence electrons. The van der Waals surface area contributed by atoms with E-state index in [4.69, 9.17) is 11.6 Å². The van der Waals surface area contributed by atoms with Gasteiger partial charge in [0.25, 0.3) is 0 Å². The number of amides is 1. The lowest BCUT2D eigenvalue weighted by molar-refractivity contribution is -0.115. The smallest absolute Gasteiger partial charge is 0.242 e. The molecule has 1 aliphatic carbocycles. The Balaban J connectivity index is 1.56. The van der Waals surface area contributed by atoms with E-state index < -0.39 is 5.25 Å². The van der Waals surface area contributed by atoms with Crippen molar-refractivity contribution in [1.82, 2.24) is 15.2 Å². The van der Waals surface area contributed by atoms with Gasteiger partial charge in [0.1, 0.15) is 11.1 Å². The maximum atomic E-state index is 13.0. The fourth-order valence-corrected chi connectivity index (χ4v) is 3.83. The van der Waals surface area contributed by atoms with Gasteiger partial charge < -0.3 is 5.32 Å². The molecule has 1 aliphatic rings. The van der Waals surface area contributed by atoms with Gasteiger partial charge in [0.15, 0.2) is 0 Å². The summed E-state index contributed by atoms with van der Waals surface area (Å²) in [5, 5.41) is 11.0. The highest BCUT2D eigenvalue weighted by Crippen LogP contribution is 2.40. The van der Waals surface area contributed by atoms with Crippen LogP contribution in [0, 0.1) is 6.92 Å². The summed E-state index contributed by atoms with van der Waals surface area (Å²) in [6.07, 6.45) is 2.30. The first-order valence-electron chi connectivity index (χ1n) is 8.81. The average molecular weight is 399 g/mol. The normalized spacial score (nSPS) is 14.7. The molecule has 0 radical (unpaired) electrons. The fraction of sp³-hybridized carbons (Fsp3) is 0.250. The van der Waals surface area contributed by atoms with Crippen LogP contribution >= 0.6 is 23.4 Å². The number of halogens is 1. The van der Waals surface area contributed by atoms with E-state index in [0.717, 1.165) is 29.8 Å². The largest absolute Gasteiger partial charge is 0.325 e. The van der Waals surface area contributed by atoms with Crippen molar-refractivity contribution in [1.29, 1.82) is 0 Å². The summed E-state index contributed by atoms with van der Waals surface area (Å²) < 4.78 is 0. The predicted molar refractivity (Wildman–Crippen MR) is 108 cm³/mol. The van der Waals surface area contributed by atoms with Crippen molar-refractivity contribution in [3.05, 3.63) is 70.5 Å². The zero-order valence-electron chi connectivity index (χ0n) is 14.8. The van der Waals surface area contributed by atoms with Crippen molar-refractivity contribution in [2.24, 2.45) is 0 Å². The highest BCUT2D eigenvalue weighted by molar-refractivity contribution is 8.00. The number of aromatic amines is 1. The fourth-order valence-electron chi connectivity index (χ4n) is 2.73. The Labute approximate surface area is 166 Å². The zero-order valence-corrected chi connectivity index (χ0v) is 16.3. The topological polar surface area (TPSA) is 70.7 Å². The van der Waals surface area contributed by atoms with E-state index in [-0.39, 0.29) is 5.91 Å². The zero-order chi connectivity index (χ0) is 18.8. The Morgan fingerprint density at radius 2 is 2.04 bits per heavy atom. The van der Waals surface area contributed by atoms with E-state index in [1.807, 2.05) is 49.4 Å². The third-order valence-corrected chi connectivity index (χ3v) is 5.97. The van der Waals surface area contributed by atoms with Gasteiger partial charge in [0.05, 0.1) is 0 Å². The number of nitrogens with zero attached hydrogens (tertiary/aromatic N) is 2. The van der Waals surface area contributed by atoms with Crippen LogP contribution in [0.2, 0.25) is 5.02 Å². The number of H-pyrrole nitrogens is 1. The number of rotatable bonds is 6. The van der Waals surface area contributed by atoms with Crippen molar-refractivity contribution >= 4 is 35.0 Å². The summed E-state index contributed by atoms with van der Waals surface area (Å²) in [6.45, 7) is 1.93. The van der Waals surface area contributed by atoms with Crippen LogP contribution in [0.3, 0.4) is 0 Å². The molecule has 1 saturated carbocycles. The van der Waals surface area contributed by atoms with Crippen LogP contribution < -0.4 is 5.32 Å². The van der Waals surface area contributed by atoms with E-state index in [1.54, 1.807) is 6.07 Å². The minimum absolute atomic E-state index is 0.135. The second-order valence-corrected chi connectivity index (χ2v) is 8.12. The molecule has 4 rings (SSSR count). The lowest BCUT2D eigenvalue weighted by atomic mass is 10.1. The number of anilines is 1. The Hall–Kier alpha value is -2.31. The molecular formula is C20H19ClN4OS. The van der Waals surface area contributed by atoms with Crippen LogP contribution in [0.4, 0.5) is 5.69 Å². The van der Waals surface area contributed by atoms with Gasteiger partial charge in [-0.15, -0.1) is 5.10 Å². The van der Waals surface area contributed by atoms with Gasteiger partial charge in [-0.3, -0.25) is 9.89 Å². The van der Waals surface area contributed by atoms with Crippen LogP contribution in [0.5, 0.6) is 0 Å². The molecule has 7 heteroatoms. The number of thioether (sulfide) groups is 1. The number of carbonyl (C=O) groups excluding carboxylic acids is 1. The first-order chi connectivity index (χ1) is 13.1. The summed E-state index contributed by atoms with van der Waals surface area (Å²) in [4.78, 5) is 17.6. The molecule has 2 aromatic carbocycles. The van der Waals surface area contributed by atoms with E-state index in [1.165, 1.54) is 11.8 Å². The monoisotopic (exact) mass is 398 g/mol. The van der Waals surface area contributed by atoms with Gasteiger partial charge in [-0.2, -0.15) is 0 Å². The molecule has 1 unspecified atom stereocenters. The maximum absolute atomic E-state index is 13.0. The van der Waals surface area contributed by atoms with E-state index >= 15 is 0 Å². The number of hydrogen-bond acceptors (Lipinski definition) is 4. The summed E-state index contributed by atoms with van der Waals surface area (Å²) in [5.74, 6) is 1.27. The highest BCUT2D eigenvalue weighted by Gasteiger charge is 2.29. The van der Waals surface area contributed by atoms with Gasteiger partial charge in [-0.05, 0) is 43.0 Å². The summed E-state index contributed by atoms with van der Waals surface area (Å²) >= 11 is 7.53. The molecule has 1 amide bonds. The second-order valence-electron chi connectivity index (χ2n) is 6.64. The van der Waals surface area contributed by atoms with Crippen molar-refractivity contribution in [3.8, 4) is 0 Å². The Bertz CT molecular complexity index is 956. The van der Waals surface area contributed by atoms with Crippen molar-refractivity contribution < 1.29 is 4.79 Å². The number of benzene rings is 2. The number of aromatic nitrogens is 3. The quantitative estimate of drug-likeness (QED) is 0.565. The Morgan fingerprint density at radius 3 is 2.74 bits per heavy atom. The molecule has 0 spiro atoms. The molecule has 0 saturated heterocycles. The Kier molecular flexibility index (Phi) is 5.18. The molecule has 5 nitrogen and oxygen atoms in total. The average Bonchev–Trinajstić information content (AvgIpc) is 3.42. The van der Waals surface area contributed by atoms with Crippen LogP contribution in [-0.2, 0) is 4.79 Å². The number of nitrogens with one attached hydrogen (secondary N) is 2. The Morgan fingerprint density at radius 1 is 1.26 bits per heavy atom. The molecule has 1 atom stereocenters. The van der Waals surface area contributed by atoms with Crippen molar-refractivity contribution in [2.75, 3.05) is 5.32 Å². The van der Waals surface area contributed by atoms with Gasteiger partial charge in [0, 0.05) is 16.6 Å². The van der Waals surface area contributed by atoms with Crippen LogP contribution in [-0.4, -0.2) is 21.1 Å². The lowest BCUT2D eigenvalue weighted by Crippen LogP contribution is -2.19. The minimum Gasteiger partial charge on any atom is -0.325 e. The summed E-state index contributed by atoms with van der Waals surface area (Å²) in [6, 6.07) is 15.2. The second kappa shape index (κ2) is 7.74. The van der Waals surface area contributed by atoms with Crippen molar-refractivity contribution in [2.45, 2.75) is 36.1 Å². The summed E-state index contributed by atoms with van der Waals surface area (Å²) in [5.41, 5.74) is 2.54. The molecule has 2 N–H and O–H groups in total. The number of carbonyl (C=O) groups is 1. The first-order valence-corrected chi connectivity index (χ1v) is 10.1. The van der Waals surface area contributed by atoms with Gasteiger partial charge >= 0.3 is 0 Å². The van der Waals surface area contributed by atoms with Gasteiger partial charge in [-0.1, -0.05) is 59.8 Å². The molecule has 27 heavy (non-hydrogen) atoms. The van der Waals surface area contributed by atoms with E-state index in [9.17, 15) is 4.79 Å². The van der Waals surface area contributed by atoms with E-state index in [2.05, 4.69) is 20.5 Å². The predicted octanol–water partition coefficient (Wildman–Crippen LogP) is 5.12. The molecular weight excluding hydrogens is 380 g/mol. The molecule has 1 aromatic heterocycles. The lowest BCUT2D eigenvalue weighted by Gasteiger charge is -2.16. The maximum Gasteiger partial charge on any atom is 0.242 e. The van der Waals surface area contributed by atoms with Crippen LogP contribution in [0.15, 0.2) is 53.7 Å². The summed E-state index contributed by atoms with van der Waals surface area (Å²) in [7, 11) is 0. The number of aryl methyl sites for hydroxylation is 1. The van der Waals surface area contributed by atoms with Gasteiger partial charge in [-0.25, -0.2) is 4.98 Å². The molecule has 0 bridgehead atoms. The van der Waals surface area contributed by atoms with Crippen LogP contribution in [0.1, 0.15) is 41.0 Å². The molecule has 3 aromatic rings. The third kappa shape index (κ3) is 4.34. The highest BCUT2D eigenvalue weighted by atomic mass is 35.5.